The lowest BCUT2D eigenvalue weighted by atomic mass is 9.89. The first-order valence-corrected chi connectivity index (χ1v) is 8.69. The Morgan fingerprint density at radius 3 is 2.32 bits per heavy atom. The highest BCUT2D eigenvalue weighted by Gasteiger charge is 2.27. The predicted octanol–water partition coefficient (Wildman–Crippen LogP) is 3.67. The number of likely N-dealkylation sites (tertiary alicyclic amines) is 1. The quantitative estimate of drug-likeness (QED) is 0.789. The lowest BCUT2D eigenvalue weighted by Crippen LogP contribution is -2.48. The molecule has 1 saturated heterocycles. The van der Waals surface area contributed by atoms with Gasteiger partial charge in [0.15, 0.2) is 0 Å². The van der Waals surface area contributed by atoms with Gasteiger partial charge in [-0.25, -0.2) is 0 Å². The Kier molecular flexibility index (Phi) is 6.15. The Bertz CT molecular complexity index is 246. The second-order valence-corrected chi connectivity index (χ2v) is 6.99. The van der Waals surface area contributed by atoms with Crippen molar-refractivity contribution in [2.75, 3.05) is 19.6 Å². The zero-order chi connectivity index (χ0) is 13.7. The van der Waals surface area contributed by atoms with Gasteiger partial charge in [-0.2, -0.15) is 0 Å². The first-order valence-electron chi connectivity index (χ1n) is 8.69. The summed E-state index contributed by atoms with van der Waals surface area (Å²) in [7, 11) is 0. The van der Waals surface area contributed by atoms with Crippen molar-refractivity contribution >= 4 is 0 Å². The normalized spacial score (nSPS) is 29.5. The van der Waals surface area contributed by atoms with E-state index in [1.165, 1.54) is 64.6 Å². The summed E-state index contributed by atoms with van der Waals surface area (Å²) in [5.41, 5.74) is 0. The van der Waals surface area contributed by atoms with Crippen molar-refractivity contribution in [3.8, 4) is 0 Å². The number of nitrogens with one attached hydrogen (secondary N) is 1. The summed E-state index contributed by atoms with van der Waals surface area (Å²) in [6.07, 6.45) is 9.94. The summed E-state index contributed by atoms with van der Waals surface area (Å²) in [5.74, 6) is 1.81. The van der Waals surface area contributed by atoms with Crippen LogP contribution in [0.1, 0.15) is 65.7 Å². The van der Waals surface area contributed by atoms with Gasteiger partial charge in [0.25, 0.3) is 0 Å². The average molecular weight is 266 g/mol. The SMILES string of the molecule is CCCN1CCCC(C(C)NC(C)C2CCCC2)C1. The lowest BCUT2D eigenvalue weighted by Gasteiger charge is -2.37. The Morgan fingerprint density at radius 2 is 1.63 bits per heavy atom. The van der Waals surface area contributed by atoms with Crippen LogP contribution in [-0.2, 0) is 0 Å². The van der Waals surface area contributed by atoms with Gasteiger partial charge in [0.2, 0.25) is 0 Å². The van der Waals surface area contributed by atoms with E-state index in [1.54, 1.807) is 0 Å². The molecule has 0 aromatic carbocycles. The topological polar surface area (TPSA) is 15.3 Å². The highest BCUT2D eigenvalue weighted by molar-refractivity contribution is 4.85. The second-order valence-electron chi connectivity index (χ2n) is 6.99. The van der Waals surface area contributed by atoms with E-state index in [-0.39, 0.29) is 0 Å². The minimum atomic E-state index is 0.690. The molecule has 1 saturated carbocycles. The molecule has 0 spiro atoms. The van der Waals surface area contributed by atoms with E-state index in [4.69, 9.17) is 0 Å². The maximum absolute atomic E-state index is 3.93. The highest BCUT2D eigenvalue weighted by Crippen LogP contribution is 2.28. The summed E-state index contributed by atoms with van der Waals surface area (Å²) in [5, 5.41) is 3.93. The molecule has 2 nitrogen and oxygen atoms in total. The molecular weight excluding hydrogens is 232 g/mol. The van der Waals surface area contributed by atoms with E-state index in [9.17, 15) is 0 Å². The van der Waals surface area contributed by atoms with Crippen LogP contribution < -0.4 is 5.32 Å². The molecule has 2 rings (SSSR count). The molecule has 2 aliphatic rings. The molecule has 0 amide bonds. The van der Waals surface area contributed by atoms with Gasteiger partial charge in [-0.05, 0) is 70.9 Å². The van der Waals surface area contributed by atoms with Crippen LogP contribution in [0.15, 0.2) is 0 Å². The van der Waals surface area contributed by atoms with Crippen LogP contribution in [0.4, 0.5) is 0 Å². The van der Waals surface area contributed by atoms with Crippen molar-refractivity contribution in [3.63, 3.8) is 0 Å². The molecule has 0 aromatic heterocycles. The Morgan fingerprint density at radius 1 is 1.00 bits per heavy atom. The Balaban J connectivity index is 1.76. The van der Waals surface area contributed by atoms with Crippen LogP contribution in [0, 0.1) is 11.8 Å². The van der Waals surface area contributed by atoms with Crippen molar-refractivity contribution in [3.05, 3.63) is 0 Å². The molecule has 0 aromatic rings. The van der Waals surface area contributed by atoms with Gasteiger partial charge in [-0.1, -0.05) is 19.8 Å². The highest BCUT2D eigenvalue weighted by atomic mass is 15.1. The number of rotatable bonds is 6. The summed E-state index contributed by atoms with van der Waals surface area (Å²) in [6, 6.07) is 1.41. The molecule has 0 bridgehead atoms. The van der Waals surface area contributed by atoms with Gasteiger partial charge in [0.05, 0.1) is 0 Å². The smallest absolute Gasteiger partial charge is 0.00818 e. The molecule has 2 fully saturated rings. The number of piperidine rings is 1. The number of hydrogen-bond donors (Lipinski definition) is 1. The van der Waals surface area contributed by atoms with E-state index in [0.717, 1.165) is 17.9 Å². The lowest BCUT2D eigenvalue weighted by molar-refractivity contribution is 0.143. The third kappa shape index (κ3) is 4.46. The summed E-state index contributed by atoms with van der Waals surface area (Å²) >= 11 is 0. The van der Waals surface area contributed by atoms with Crippen LogP contribution in [0.25, 0.3) is 0 Å². The maximum Gasteiger partial charge on any atom is 0.00818 e. The molecule has 1 aliphatic carbocycles. The van der Waals surface area contributed by atoms with Crippen LogP contribution in [-0.4, -0.2) is 36.6 Å². The fourth-order valence-corrected chi connectivity index (χ4v) is 4.16. The van der Waals surface area contributed by atoms with Gasteiger partial charge in [0.1, 0.15) is 0 Å². The van der Waals surface area contributed by atoms with Crippen molar-refractivity contribution in [1.82, 2.24) is 10.2 Å². The Labute approximate surface area is 120 Å². The van der Waals surface area contributed by atoms with Gasteiger partial charge in [-0.3, -0.25) is 0 Å². The summed E-state index contributed by atoms with van der Waals surface area (Å²) in [6.45, 7) is 11.1. The summed E-state index contributed by atoms with van der Waals surface area (Å²) < 4.78 is 0. The molecular formula is C17H34N2. The largest absolute Gasteiger partial charge is 0.311 e. The monoisotopic (exact) mass is 266 g/mol. The fraction of sp³-hybridized carbons (Fsp3) is 1.00. The minimum absolute atomic E-state index is 0.690. The van der Waals surface area contributed by atoms with E-state index in [2.05, 4.69) is 31.0 Å². The molecule has 112 valence electrons. The van der Waals surface area contributed by atoms with E-state index in [1.807, 2.05) is 0 Å². The van der Waals surface area contributed by atoms with Crippen LogP contribution >= 0.6 is 0 Å². The molecule has 0 radical (unpaired) electrons. The van der Waals surface area contributed by atoms with Gasteiger partial charge in [0, 0.05) is 18.6 Å². The minimum Gasteiger partial charge on any atom is -0.311 e. The fourth-order valence-electron chi connectivity index (χ4n) is 4.16. The van der Waals surface area contributed by atoms with Gasteiger partial charge >= 0.3 is 0 Å². The zero-order valence-corrected chi connectivity index (χ0v) is 13.3. The number of hydrogen-bond acceptors (Lipinski definition) is 2. The zero-order valence-electron chi connectivity index (χ0n) is 13.3. The van der Waals surface area contributed by atoms with E-state index in [0.29, 0.717) is 6.04 Å². The Hall–Kier alpha value is -0.0800. The summed E-state index contributed by atoms with van der Waals surface area (Å²) in [4.78, 5) is 2.67. The molecule has 1 aliphatic heterocycles. The third-order valence-corrected chi connectivity index (χ3v) is 5.42. The standard InChI is InChI=1S/C17H34N2/c1-4-11-19-12-7-10-17(13-19)15(3)18-14(2)16-8-5-6-9-16/h14-18H,4-13H2,1-3H3. The van der Waals surface area contributed by atoms with Gasteiger partial charge < -0.3 is 10.2 Å². The molecule has 3 unspecified atom stereocenters. The molecule has 2 heteroatoms. The predicted molar refractivity (Wildman–Crippen MR) is 83.5 cm³/mol. The molecule has 19 heavy (non-hydrogen) atoms. The molecule has 1 heterocycles. The maximum atomic E-state index is 3.93. The van der Waals surface area contributed by atoms with Crippen molar-refractivity contribution < 1.29 is 0 Å². The van der Waals surface area contributed by atoms with Crippen molar-refractivity contribution in [2.24, 2.45) is 11.8 Å². The van der Waals surface area contributed by atoms with Crippen LogP contribution in [0.2, 0.25) is 0 Å². The van der Waals surface area contributed by atoms with Crippen molar-refractivity contribution in [1.29, 1.82) is 0 Å². The van der Waals surface area contributed by atoms with E-state index < -0.39 is 0 Å². The average Bonchev–Trinajstić information content (AvgIpc) is 2.93. The molecule has 3 atom stereocenters. The number of nitrogens with zero attached hydrogens (tertiary/aromatic N) is 1. The van der Waals surface area contributed by atoms with Crippen molar-refractivity contribution in [2.45, 2.75) is 77.8 Å². The third-order valence-electron chi connectivity index (χ3n) is 5.42. The molecule has 1 N–H and O–H groups in total. The second kappa shape index (κ2) is 7.64. The van der Waals surface area contributed by atoms with E-state index >= 15 is 0 Å². The van der Waals surface area contributed by atoms with Gasteiger partial charge in [-0.15, -0.1) is 0 Å². The first-order chi connectivity index (χ1) is 9.20. The van der Waals surface area contributed by atoms with Crippen LogP contribution in [0.5, 0.6) is 0 Å². The first kappa shape index (κ1) is 15.3. The van der Waals surface area contributed by atoms with Crippen LogP contribution in [0.3, 0.4) is 0 Å².